The summed E-state index contributed by atoms with van der Waals surface area (Å²) >= 11 is 6.24. The lowest BCUT2D eigenvalue weighted by Gasteiger charge is -2.18. The molecule has 1 heterocycles. The Labute approximate surface area is 107 Å². The minimum atomic E-state index is 0.0402. The zero-order valence-corrected chi connectivity index (χ0v) is 11.2. The second-order valence-electron chi connectivity index (χ2n) is 4.72. The quantitative estimate of drug-likeness (QED) is 0.792. The predicted molar refractivity (Wildman–Crippen MR) is 70.9 cm³/mol. The summed E-state index contributed by atoms with van der Waals surface area (Å²) in [7, 11) is 1.81. The first-order valence-corrected chi connectivity index (χ1v) is 6.20. The van der Waals surface area contributed by atoms with Crippen LogP contribution in [0.5, 0.6) is 0 Å². The lowest BCUT2D eigenvalue weighted by Crippen LogP contribution is -2.29. The van der Waals surface area contributed by atoms with Crippen LogP contribution in [0.3, 0.4) is 0 Å². The van der Waals surface area contributed by atoms with Gasteiger partial charge in [0.05, 0.1) is 0 Å². The summed E-state index contributed by atoms with van der Waals surface area (Å²) in [5.74, 6) is 0.397. The fraction of sp³-hybridized carbons (Fsp3) is 0.462. The van der Waals surface area contributed by atoms with E-state index >= 15 is 0 Å². The van der Waals surface area contributed by atoms with Gasteiger partial charge in [-0.1, -0.05) is 31.5 Å². The van der Waals surface area contributed by atoms with Crippen LogP contribution in [0.2, 0.25) is 5.02 Å². The first-order chi connectivity index (χ1) is 8.00. The van der Waals surface area contributed by atoms with Crippen molar-refractivity contribution in [2.45, 2.75) is 19.8 Å². The monoisotopic (exact) mass is 252 g/mol. The Kier molecular flexibility index (Phi) is 3.29. The number of halogens is 1. The maximum atomic E-state index is 11.8. The smallest absolute Gasteiger partial charge is 0.324 e. The van der Waals surface area contributed by atoms with E-state index in [1.807, 2.05) is 25.2 Å². The van der Waals surface area contributed by atoms with E-state index < -0.39 is 0 Å². The number of carbonyl (C=O) groups is 1. The van der Waals surface area contributed by atoms with Crippen LogP contribution < -0.4 is 4.90 Å². The molecule has 2 amide bonds. The molecule has 0 N–H and O–H groups in total. The van der Waals surface area contributed by atoms with Gasteiger partial charge in [-0.2, -0.15) is 0 Å². The van der Waals surface area contributed by atoms with Crippen molar-refractivity contribution in [3.63, 3.8) is 0 Å². The SMILES string of the molecule is CC(C)c1ccc(N2CCN(C)C2=O)cc1Cl. The molecule has 0 bridgehead atoms. The molecular weight excluding hydrogens is 236 g/mol. The third-order valence-electron chi connectivity index (χ3n) is 3.13. The Bertz CT molecular complexity index is 445. The minimum absolute atomic E-state index is 0.0402. The van der Waals surface area contributed by atoms with Crippen LogP contribution in [0.25, 0.3) is 0 Å². The summed E-state index contributed by atoms with van der Waals surface area (Å²) in [6, 6.07) is 5.90. The van der Waals surface area contributed by atoms with Gasteiger partial charge in [0.15, 0.2) is 0 Å². The van der Waals surface area contributed by atoms with Crippen molar-refractivity contribution in [2.75, 3.05) is 25.0 Å². The summed E-state index contributed by atoms with van der Waals surface area (Å²) < 4.78 is 0. The van der Waals surface area contributed by atoms with Crippen LogP contribution in [-0.2, 0) is 0 Å². The van der Waals surface area contributed by atoms with E-state index in [0.717, 1.165) is 29.4 Å². The van der Waals surface area contributed by atoms with Gasteiger partial charge in [0.1, 0.15) is 0 Å². The highest BCUT2D eigenvalue weighted by atomic mass is 35.5. The number of urea groups is 1. The summed E-state index contributed by atoms with van der Waals surface area (Å²) in [5.41, 5.74) is 2.00. The fourth-order valence-corrected chi connectivity index (χ4v) is 2.43. The topological polar surface area (TPSA) is 23.6 Å². The van der Waals surface area contributed by atoms with Gasteiger partial charge in [0.2, 0.25) is 0 Å². The number of nitrogens with zero attached hydrogens (tertiary/aromatic N) is 2. The second-order valence-corrected chi connectivity index (χ2v) is 5.12. The third kappa shape index (κ3) is 2.25. The number of hydrogen-bond donors (Lipinski definition) is 0. The Hall–Kier alpha value is -1.22. The van der Waals surface area contributed by atoms with Gasteiger partial charge in [0.25, 0.3) is 0 Å². The molecule has 1 aliphatic heterocycles. The average molecular weight is 253 g/mol. The highest BCUT2D eigenvalue weighted by molar-refractivity contribution is 6.31. The molecule has 0 atom stereocenters. The normalized spacial score (nSPS) is 16.2. The van der Waals surface area contributed by atoms with Crippen molar-refractivity contribution in [3.05, 3.63) is 28.8 Å². The number of carbonyl (C=O) groups excluding carboxylic acids is 1. The van der Waals surface area contributed by atoms with Crippen molar-refractivity contribution >= 4 is 23.3 Å². The van der Waals surface area contributed by atoms with Crippen molar-refractivity contribution in [2.24, 2.45) is 0 Å². The van der Waals surface area contributed by atoms with Gasteiger partial charge >= 0.3 is 6.03 Å². The molecule has 3 nitrogen and oxygen atoms in total. The Morgan fingerprint density at radius 3 is 2.47 bits per heavy atom. The Balaban J connectivity index is 2.29. The van der Waals surface area contributed by atoms with Crippen LogP contribution in [0.1, 0.15) is 25.3 Å². The molecule has 4 heteroatoms. The molecule has 0 aliphatic carbocycles. The highest BCUT2D eigenvalue weighted by Gasteiger charge is 2.26. The Morgan fingerprint density at radius 2 is 2.00 bits per heavy atom. The van der Waals surface area contributed by atoms with Gasteiger partial charge in [-0.3, -0.25) is 4.90 Å². The van der Waals surface area contributed by atoms with Crippen LogP contribution in [0.4, 0.5) is 10.5 Å². The van der Waals surface area contributed by atoms with E-state index in [1.165, 1.54) is 0 Å². The first-order valence-electron chi connectivity index (χ1n) is 5.83. The van der Waals surface area contributed by atoms with Crippen molar-refractivity contribution < 1.29 is 4.79 Å². The largest absolute Gasteiger partial charge is 0.326 e. The van der Waals surface area contributed by atoms with E-state index in [-0.39, 0.29) is 6.03 Å². The number of anilines is 1. The molecule has 1 aromatic rings. The highest BCUT2D eigenvalue weighted by Crippen LogP contribution is 2.29. The zero-order chi connectivity index (χ0) is 12.6. The number of hydrogen-bond acceptors (Lipinski definition) is 1. The van der Waals surface area contributed by atoms with E-state index in [2.05, 4.69) is 13.8 Å². The third-order valence-corrected chi connectivity index (χ3v) is 3.46. The summed E-state index contributed by atoms with van der Waals surface area (Å²) in [5, 5.41) is 0.736. The number of likely N-dealkylation sites (N-methyl/N-ethyl adjacent to an activating group) is 1. The van der Waals surface area contributed by atoms with E-state index in [0.29, 0.717) is 5.92 Å². The molecule has 1 saturated heterocycles. The van der Waals surface area contributed by atoms with Gasteiger partial charge in [-0.25, -0.2) is 4.79 Å². The molecule has 0 radical (unpaired) electrons. The van der Waals surface area contributed by atoms with E-state index in [4.69, 9.17) is 11.6 Å². The van der Waals surface area contributed by atoms with Crippen LogP contribution in [0.15, 0.2) is 18.2 Å². The molecule has 0 spiro atoms. The molecule has 2 rings (SSSR count). The van der Waals surface area contributed by atoms with Crippen LogP contribution >= 0.6 is 11.6 Å². The van der Waals surface area contributed by atoms with Crippen molar-refractivity contribution in [1.29, 1.82) is 0 Å². The summed E-state index contributed by atoms with van der Waals surface area (Å²) in [6.45, 7) is 5.71. The molecule has 92 valence electrons. The van der Waals surface area contributed by atoms with Gasteiger partial charge in [-0.05, 0) is 23.6 Å². The molecule has 0 unspecified atom stereocenters. The van der Waals surface area contributed by atoms with E-state index in [1.54, 1.807) is 9.80 Å². The molecule has 0 saturated carbocycles. The molecule has 0 aromatic heterocycles. The maximum absolute atomic E-state index is 11.8. The maximum Gasteiger partial charge on any atom is 0.324 e. The van der Waals surface area contributed by atoms with Crippen molar-refractivity contribution in [3.8, 4) is 0 Å². The Morgan fingerprint density at radius 1 is 1.29 bits per heavy atom. The molecule has 1 fully saturated rings. The molecule has 17 heavy (non-hydrogen) atoms. The lowest BCUT2D eigenvalue weighted by molar-refractivity contribution is 0.229. The number of amides is 2. The van der Waals surface area contributed by atoms with Gasteiger partial charge in [0, 0.05) is 30.8 Å². The molecule has 1 aromatic carbocycles. The first kappa shape index (κ1) is 12.2. The van der Waals surface area contributed by atoms with Crippen LogP contribution in [0, 0.1) is 0 Å². The van der Waals surface area contributed by atoms with Gasteiger partial charge in [-0.15, -0.1) is 0 Å². The van der Waals surface area contributed by atoms with Crippen LogP contribution in [-0.4, -0.2) is 31.1 Å². The second kappa shape index (κ2) is 4.57. The predicted octanol–water partition coefficient (Wildman–Crippen LogP) is 3.34. The average Bonchev–Trinajstić information content (AvgIpc) is 2.59. The zero-order valence-electron chi connectivity index (χ0n) is 10.4. The molecular formula is C13H17ClN2O. The number of benzene rings is 1. The lowest BCUT2D eigenvalue weighted by atomic mass is 10.0. The molecule has 1 aliphatic rings. The summed E-state index contributed by atoms with van der Waals surface area (Å²) in [6.07, 6.45) is 0. The van der Waals surface area contributed by atoms with E-state index in [9.17, 15) is 4.79 Å². The van der Waals surface area contributed by atoms with Gasteiger partial charge < -0.3 is 4.90 Å². The standard InChI is InChI=1S/C13H17ClN2O/c1-9(2)11-5-4-10(8-12(11)14)16-7-6-15(3)13(16)17/h4-5,8-9H,6-7H2,1-3H3. The number of rotatable bonds is 2. The fourth-order valence-electron chi connectivity index (χ4n) is 2.04. The minimum Gasteiger partial charge on any atom is -0.326 e. The summed E-state index contributed by atoms with van der Waals surface area (Å²) in [4.78, 5) is 15.3. The van der Waals surface area contributed by atoms with Crippen molar-refractivity contribution in [1.82, 2.24) is 4.90 Å².